The number of aromatic nitrogens is 1. The van der Waals surface area contributed by atoms with E-state index in [0.717, 1.165) is 52.7 Å². The molecule has 0 bridgehead atoms. The van der Waals surface area contributed by atoms with Crippen molar-refractivity contribution in [3.8, 4) is 0 Å². The molecule has 3 aromatic rings. The van der Waals surface area contributed by atoms with Crippen LogP contribution in [0.25, 0.3) is 10.9 Å². The van der Waals surface area contributed by atoms with E-state index in [1.165, 1.54) is 0 Å². The number of pyridine rings is 1. The van der Waals surface area contributed by atoms with Gasteiger partial charge in [-0.1, -0.05) is 29.8 Å². The van der Waals surface area contributed by atoms with Crippen LogP contribution in [0, 0.1) is 0 Å². The fraction of sp³-hybridized carbons (Fsp3) is 0.158. The van der Waals surface area contributed by atoms with Gasteiger partial charge in [0.25, 0.3) is 5.91 Å². The van der Waals surface area contributed by atoms with Crippen LogP contribution in [-0.2, 0) is 12.8 Å². The highest BCUT2D eigenvalue weighted by molar-refractivity contribution is 6.30. The first-order valence-electron chi connectivity index (χ1n) is 7.95. The fourth-order valence-corrected chi connectivity index (χ4v) is 3.32. The summed E-state index contributed by atoms with van der Waals surface area (Å²) in [5.74, 6) is -0.137. The average molecular weight is 338 g/mol. The van der Waals surface area contributed by atoms with Gasteiger partial charge in [0, 0.05) is 16.1 Å². The van der Waals surface area contributed by atoms with Gasteiger partial charge in [-0.05, 0) is 55.2 Å². The number of anilines is 1. The Morgan fingerprint density at radius 2 is 1.83 bits per heavy atom. The number of amides is 1. The molecular formula is C19H16ClN3O. The quantitative estimate of drug-likeness (QED) is 0.706. The molecule has 0 atom stereocenters. The molecule has 2 N–H and O–H groups in total. The highest BCUT2D eigenvalue weighted by Crippen LogP contribution is 2.29. The molecule has 24 heavy (non-hydrogen) atoms. The lowest BCUT2D eigenvalue weighted by Crippen LogP contribution is -2.30. The van der Waals surface area contributed by atoms with E-state index in [2.05, 4.69) is 10.9 Å². The first kappa shape index (κ1) is 15.0. The largest absolute Gasteiger partial charge is 0.298 e. The highest BCUT2D eigenvalue weighted by Gasteiger charge is 2.23. The van der Waals surface area contributed by atoms with Crippen LogP contribution in [0.15, 0.2) is 48.5 Å². The Labute approximate surface area is 144 Å². The summed E-state index contributed by atoms with van der Waals surface area (Å²) in [5.41, 5.74) is 10.2. The summed E-state index contributed by atoms with van der Waals surface area (Å²) < 4.78 is 0. The number of hydrogen-bond donors (Lipinski definition) is 2. The number of para-hydroxylation sites is 1. The average Bonchev–Trinajstić information content (AvgIpc) is 3.06. The van der Waals surface area contributed by atoms with Gasteiger partial charge in [-0.3, -0.25) is 20.6 Å². The van der Waals surface area contributed by atoms with E-state index in [1.807, 2.05) is 36.4 Å². The predicted octanol–water partition coefficient (Wildman–Crippen LogP) is 4.13. The molecule has 1 aromatic heterocycles. The first-order valence-corrected chi connectivity index (χ1v) is 8.32. The van der Waals surface area contributed by atoms with Crippen LogP contribution in [0.3, 0.4) is 0 Å². The number of halogens is 1. The molecule has 4 nitrogen and oxygen atoms in total. The third-order valence-electron chi connectivity index (χ3n) is 4.31. The molecule has 1 heterocycles. The third-order valence-corrected chi connectivity index (χ3v) is 4.56. The van der Waals surface area contributed by atoms with E-state index in [-0.39, 0.29) is 5.91 Å². The molecule has 0 unspecified atom stereocenters. The van der Waals surface area contributed by atoms with E-state index in [1.54, 1.807) is 12.1 Å². The van der Waals surface area contributed by atoms with Crippen molar-refractivity contribution >= 4 is 34.1 Å². The lowest BCUT2D eigenvalue weighted by atomic mass is 10.0. The standard InChI is InChI=1S/C19H16ClN3O/c20-12-8-10-13(11-9-12)22-23-19(24)18-14-4-1-2-6-16(14)21-17-7-3-5-15(17)18/h1-2,4,6,8-11,22H,3,5,7H2,(H,23,24). The second-order valence-corrected chi connectivity index (χ2v) is 6.31. The van der Waals surface area contributed by atoms with Crippen molar-refractivity contribution in [1.29, 1.82) is 0 Å². The lowest BCUT2D eigenvalue weighted by Gasteiger charge is -2.14. The van der Waals surface area contributed by atoms with Gasteiger partial charge in [0.1, 0.15) is 0 Å². The Morgan fingerprint density at radius 3 is 2.67 bits per heavy atom. The van der Waals surface area contributed by atoms with Crippen molar-refractivity contribution in [3.63, 3.8) is 0 Å². The maximum atomic E-state index is 12.8. The lowest BCUT2D eigenvalue weighted by molar-refractivity contribution is 0.0963. The Bertz CT molecular complexity index is 922. The zero-order valence-electron chi connectivity index (χ0n) is 13.0. The van der Waals surface area contributed by atoms with Crippen LogP contribution in [0.1, 0.15) is 28.0 Å². The minimum Gasteiger partial charge on any atom is -0.298 e. The Balaban J connectivity index is 1.67. The number of fused-ring (bicyclic) bond motifs is 2. The number of rotatable bonds is 3. The van der Waals surface area contributed by atoms with Crippen LogP contribution in [0.4, 0.5) is 5.69 Å². The van der Waals surface area contributed by atoms with Crippen LogP contribution < -0.4 is 10.9 Å². The molecule has 0 fully saturated rings. The second kappa shape index (κ2) is 6.13. The first-order chi connectivity index (χ1) is 11.7. The molecule has 4 rings (SSSR count). The Hall–Kier alpha value is -2.59. The van der Waals surface area contributed by atoms with Gasteiger partial charge in [0.2, 0.25) is 0 Å². The van der Waals surface area contributed by atoms with E-state index >= 15 is 0 Å². The van der Waals surface area contributed by atoms with Crippen LogP contribution in [0.5, 0.6) is 0 Å². The molecule has 120 valence electrons. The summed E-state index contributed by atoms with van der Waals surface area (Å²) in [4.78, 5) is 17.5. The molecule has 0 spiro atoms. The van der Waals surface area contributed by atoms with Crippen molar-refractivity contribution in [2.45, 2.75) is 19.3 Å². The normalized spacial score (nSPS) is 12.9. The van der Waals surface area contributed by atoms with E-state index < -0.39 is 0 Å². The number of hydrazine groups is 1. The molecule has 0 aliphatic heterocycles. The number of carbonyl (C=O) groups is 1. The van der Waals surface area contributed by atoms with Gasteiger partial charge in [-0.2, -0.15) is 0 Å². The van der Waals surface area contributed by atoms with E-state index in [4.69, 9.17) is 16.6 Å². The summed E-state index contributed by atoms with van der Waals surface area (Å²) >= 11 is 5.88. The van der Waals surface area contributed by atoms with Gasteiger partial charge in [0.05, 0.1) is 16.8 Å². The smallest absolute Gasteiger partial charge is 0.270 e. The summed E-state index contributed by atoms with van der Waals surface area (Å²) in [6, 6.07) is 15.0. The number of nitrogens with one attached hydrogen (secondary N) is 2. The maximum Gasteiger partial charge on any atom is 0.270 e. The Morgan fingerprint density at radius 1 is 1.04 bits per heavy atom. The SMILES string of the molecule is O=C(NNc1ccc(Cl)cc1)c1c2c(nc3ccccc13)CCC2. The monoisotopic (exact) mass is 337 g/mol. The molecule has 1 amide bonds. The molecular weight excluding hydrogens is 322 g/mol. The van der Waals surface area contributed by atoms with E-state index in [0.29, 0.717) is 5.02 Å². The van der Waals surface area contributed by atoms with Gasteiger partial charge < -0.3 is 0 Å². The number of carbonyl (C=O) groups excluding carboxylic acids is 1. The van der Waals surface area contributed by atoms with Crippen molar-refractivity contribution in [2.24, 2.45) is 0 Å². The molecule has 2 aromatic carbocycles. The maximum absolute atomic E-state index is 12.8. The van der Waals surface area contributed by atoms with Crippen molar-refractivity contribution in [2.75, 3.05) is 5.43 Å². The van der Waals surface area contributed by atoms with Crippen molar-refractivity contribution in [1.82, 2.24) is 10.4 Å². The molecule has 0 saturated heterocycles. The third kappa shape index (κ3) is 2.69. The van der Waals surface area contributed by atoms with Gasteiger partial charge in [0.15, 0.2) is 0 Å². The highest BCUT2D eigenvalue weighted by atomic mass is 35.5. The summed E-state index contributed by atoms with van der Waals surface area (Å²) in [6.07, 6.45) is 2.88. The van der Waals surface area contributed by atoms with Crippen molar-refractivity contribution in [3.05, 3.63) is 70.4 Å². The topological polar surface area (TPSA) is 54.0 Å². The van der Waals surface area contributed by atoms with Crippen molar-refractivity contribution < 1.29 is 4.79 Å². The van der Waals surface area contributed by atoms with Crippen LogP contribution in [0.2, 0.25) is 5.02 Å². The molecule has 0 saturated carbocycles. The van der Waals surface area contributed by atoms with Gasteiger partial charge >= 0.3 is 0 Å². The van der Waals surface area contributed by atoms with Crippen LogP contribution in [-0.4, -0.2) is 10.9 Å². The van der Waals surface area contributed by atoms with Crippen LogP contribution >= 0.6 is 11.6 Å². The number of aryl methyl sites for hydroxylation is 1. The minimum atomic E-state index is -0.137. The summed E-state index contributed by atoms with van der Waals surface area (Å²) in [6.45, 7) is 0. The zero-order valence-corrected chi connectivity index (χ0v) is 13.7. The molecule has 0 radical (unpaired) electrons. The molecule has 1 aliphatic rings. The zero-order chi connectivity index (χ0) is 16.5. The minimum absolute atomic E-state index is 0.137. The number of hydrogen-bond acceptors (Lipinski definition) is 3. The predicted molar refractivity (Wildman–Crippen MR) is 96.3 cm³/mol. The second-order valence-electron chi connectivity index (χ2n) is 5.87. The Kier molecular flexibility index (Phi) is 3.82. The van der Waals surface area contributed by atoms with Gasteiger partial charge in [-0.15, -0.1) is 0 Å². The molecule has 1 aliphatic carbocycles. The summed E-state index contributed by atoms with van der Waals surface area (Å²) in [7, 11) is 0. The number of benzene rings is 2. The summed E-state index contributed by atoms with van der Waals surface area (Å²) in [5, 5.41) is 1.55. The number of nitrogens with zero attached hydrogens (tertiary/aromatic N) is 1. The van der Waals surface area contributed by atoms with Gasteiger partial charge in [-0.25, -0.2) is 0 Å². The van der Waals surface area contributed by atoms with E-state index in [9.17, 15) is 4.79 Å². The fourth-order valence-electron chi connectivity index (χ4n) is 3.19. The molecule has 5 heteroatoms.